The van der Waals surface area contributed by atoms with Crippen molar-refractivity contribution < 1.29 is 4.79 Å². The van der Waals surface area contributed by atoms with Gasteiger partial charge in [0.25, 0.3) is 5.91 Å². The minimum absolute atomic E-state index is 0.0380. The first-order valence-electron chi connectivity index (χ1n) is 9.10. The molecule has 0 radical (unpaired) electrons. The van der Waals surface area contributed by atoms with Crippen molar-refractivity contribution >= 4 is 5.91 Å². The predicted octanol–water partition coefficient (Wildman–Crippen LogP) is 4.74. The SMILES string of the molecule is C=C(C)C1CCN(C(=O)c2cccc(-c3ccccc3CC)n2)CC1. The van der Waals surface area contributed by atoms with Crippen molar-refractivity contribution in [1.29, 1.82) is 0 Å². The summed E-state index contributed by atoms with van der Waals surface area (Å²) >= 11 is 0. The van der Waals surface area contributed by atoms with Gasteiger partial charge in [-0.25, -0.2) is 4.98 Å². The number of piperidine rings is 1. The van der Waals surface area contributed by atoms with Crippen LogP contribution in [0.25, 0.3) is 11.3 Å². The van der Waals surface area contributed by atoms with Crippen molar-refractivity contribution in [3.05, 3.63) is 65.9 Å². The topological polar surface area (TPSA) is 33.2 Å². The van der Waals surface area contributed by atoms with Gasteiger partial charge in [-0.05, 0) is 49.8 Å². The van der Waals surface area contributed by atoms with Crippen LogP contribution in [-0.2, 0) is 6.42 Å². The average Bonchev–Trinajstić information content (AvgIpc) is 2.67. The van der Waals surface area contributed by atoms with Crippen molar-refractivity contribution in [1.82, 2.24) is 9.88 Å². The zero-order chi connectivity index (χ0) is 17.8. The van der Waals surface area contributed by atoms with Gasteiger partial charge in [0.05, 0.1) is 5.69 Å². The van der Waals surface area contributed by atoms with Gasteiger partial charge in [-0.15, -0.1) is 0 Å². The lowest BCUT2D eigenvalue weighted by Crippen LogP contribution is -2.39. The molecule has 0 aliphatic carbocycles. The number of aromatic nitrogens is 1. The van der Waals surface area contributed by atoms with Crippen LogP contribution in [0.5, 0.6) is 0 Å². The number of nitrogens with zero attached hydrogens (tertiary/aromatic N) is 2. The minimum Gasteiger partial charge on any atom is -0.337 e. The lowest BCUT2D eigenvalue weighted by Gasteiger charge is -2.32. The van der Waals surface area contributed by atoms with Crippen LogP contribution in [-0.4, -0.2) is 28.9 Å². The number of aryl methyl sites for hydroxylation is 1. The Kier molecular flexibility index (Phi) is 5.32. The zero-order valence-corrected chi connectivity index (χ0v) is 15.2. The first-order valence-corrected chi connectivity index (χ1v) is 9.10. The molecule has 0 bridgehead atoms. The van der Waals surface area contributed by atoms with E-state index in [1.54, 1.807) is 0 Å². The molecule has 3 heteroatoms. The maximum Gasteiger partial charge on any atom is 0.272 e. The van der Waals surface area contributed by atoms with Crippen molar-refractivity contribution in [2.75, 3.05) is 13.1 Å². The summed E-state index contributed by atoms with van der Waals surface area (Å²) in [5, 5.41) is 0. The Balaban J connectivity index is 1.80. The molecule has 2 aromatic rings. The number of allylic oxidation sites excluding steroid dienone is 1. The standard InChI is InChI=1S/C22H26N2O/c1-4-17-8-5-6-9-19(17)20-10-7-11-21(23-20)22(25)24-14-12-18(13-15-24)16(2)3/h5-11,18H,2,4,12-15H2,1,3H3. The highest BCUT2D eigenvalue weighted by Gasteiger charge is 2.24. The van der Waals surface area contributed by atoms with Crippen LogP contribution in [0, 0.1) is 5.92 Å². The third kappa shape index (κ3) is 3.81. The van der Waals surface area contributed by atoms with Crippen LogP contribution < -0.4 is 0 Å². The number of likely N-dealkylation sites (tertiary alicyclic amines) is 1. The van der Waals surface area contributed by atoms with Gasteiger partial charge < -0.3 is 4.90 Å². The third-order valence-corrected chi connectivity index (χ3v) is 5.12. The molecule has 0 N–H and O–H groups in total. The van der Waals surface area contributed by atoms with Crippen molar-refractivity contribution in [3.8, 4) is 11.3 Å². The van der Waals surface area contributed by atoms with E-state index in [4.69, 9.17) is 0 Å². The second-order valence-corrected chi connectivity index (χ2v) is 6.83. The van der Waals surface area contributed by atoms with E-state index >= 15 is 0 Å². The molecular formula is C22H26N2O. The van der Waals surface area contributed by atoms with E-state index in [0.29, 0.717) is 11.6 Å². The van der Waals surface area contributed by atoms with Gasteiger partial charge in [-0.3, -0.25) is 4.79 Å². The Morgan fingerprint density at radius 2 is 1.88 bits per heavy atom. The fraction of sp³-hybridized carbons (Fsp3) is 0.364. The molecule has 1 aliphatic rings. The molecule has 3 nitrogen and oxygen atoms in total. The fourth-order valence-electron chi connectivity index (χ4n) is 3.52. The summed E-state index contributed by atoms with van der Waals surface area (Å²) in [5.41, 5.74) is 5.00. The van der Waals surface area contributed by atoms with E-state index < -0.39 is 0 Å². The third-order valence-electron chi connectivity index (χ3n) is 5.12. The van der Waals surface area contributed by atoms with Gasteiger partial charge in [0.1, 0.15) is 5.69 Å². The molecule has 0 spiro atoms. The number of pyridine rings is 1. The summed E-state index contributed by atoms with van der Waals surface area (Å²) in [7, 11) is 0. The number of carbonyl (C=O) groups is 1. The van der Waals surface area contributed by atoms with Crippen molar-refractivity contribution in [3.63, 3.8) is 0 Å². The van der Waals surface area contributed by atoms with Gasteiger partial charge >= 0.3 is 0 Å². The van der Waals surface area contributed by atoms with Crippen LogP contribution in [0.2, 0.25) is 0 Å². The summed E-state index contributed by atoms with van der Waals surface area (Å²) < 4.78 is 0. The smallest absolute Gasteiger partial charge is 0.272 e. The molecule has 0 unspecified atom stereocenters. The molecule has 1 fully saturated rings. The van der Waals surface area contributed by atoms with E-state index in [0.717, 1.165) is 43.6 Å². The first kappa shape index (κ1) is 17.4. The van der Waals surface area contributed by atoms with Crippen LogP contribution in [0.3, 0.4) is 0 Å². The maximum atomic E-state index is 12.9. The van der Waals surface area contributed by atoms with Crippen LogP contribution in [0.15, 0.2) is 54.6 Å². The number of hydrogen-bond donors (Lipinski definition) is 0. The van der Waals surface area contributed by atoms with E-state index in [1.807, 2.05) is 35.2 Å². The summed E-state index contributed by atoms with van der Waals surface area (Å²) in [6, 6.07) is 14.0. The van der Waals surface area contributed by atoms with E-state index in [2.05, 4.69) is 37.5 Å². The summed E-state index contributed by atoms with van der Waals surface area (Å²) in [4.78, 5) is 19.5. The Morgan fingerprint density at radius 1 is 1.16 bits per heavy atom. The van der Waals surface area contributed by atoms with Crippen molar-refractivity contribution in [2.24, 2.45) is 5.92 Å². The van der Waals surface area contributed by atoms with E-state index in [9.17, 15) is 4.79 Å². The van der Waals surface area contributed by atoms with Gasteiger partial charge in [0.15, 0.2) is 0 Å². The van der Waals surface area contributed by atoms with Gasteiger partial charge in [-0.1, -0.05) is 49.4 Å². The first-order chi connectivity index (χ1) is 12.1. The quantitative estimate of drug-likeness (QED) is 0.757. The summed E-state index contributed by atoms with van der Waals surface area (Å²) in [5.74, 6) is 0.579. The molecule has 1 saturated heterocycles. The normalized spacial score (nSPS) is 15.2. The van der Waals surface area contributed by atoms with Crippen LogP contribution in [0.4, 0.5) is 0 Å². The molecule has 1 aliphatic heterocycles. The lowest BCUT2D eigenvalue weighted by molar-refractivity contribution is 0.0696. The highest BCUT2D eigenvalue weighted by Crippen LogP contribution is 2.25. The Labute approximate surface area is 150 Å². The molecule has 3 rings (SSSR count). The van der Waals surface area contributed by atoms with Gasteiger partial charge in [0, 0.05) is 18.7 Å². The largest absolute Gasteiger partial charge is 0.337 e. The Bertz CT molecular complexity index is 773. The fourth-order valence-corrected chi connectivity index (χ4v) is 3.52. The average molecular weight is 334 g/mol. The molecule has 0 saturated carbocycles. The second kappa shape index (κ2) is 7.64. The number of benzene rings is 1. The van der Waals surface area contributed by atoms with Gasteiger partial charge in [0.2, 0.25) is 0 Å². The molecule has 1 aromatic heterocycles. The molecule has 25 heavy (non-hydrogen) atoms. The molecule has 130 valence electrons. The Morgan fingerprint density at radius 3 is 2.56 bits per heavy atom. The number of hydrogen-bond acceptors (Lipinski definition) is 2. The number of carbonyl (C=O) groups excluding carboxylic acids is 1. The molecule has 2 heterocycles. The zero-order valence-electron chi connectivity index (χ0n) is 15.2. The second-order valence-electron chi connectivity index (χ2n) is 6.83. The highest BCUT2D eigenvalue weighted by molar-refractivity contribution is 5.93. The van der Waals surface area contributed by atoms with E-state index in [-0.39, 0.29) is 5.91 Å². The van der Waals surface area contributed by atoms with Crippen molar-refractivity contribution in [2.45, 2.75) is 33.1 Å². The predicted molar refractivity (Wildman–Crippen MR) is 102 cm³/mol. The molecular weight excluding hydrogens is 308 g/mol. The van der Waals surface area contributed by atoms with Gasteiger partial charge in [-0.2, -0.15) is 0 Å². The highest BCUT2D eigenvalue weighted by atomic mass is 16.2. The molecule has 1 amide bonds. The Hall–Kier alpha value is -2.42. The van der Waals surface area contributed by atoms with E-state index in [1.165, 1.54) is 11.1 Å². The summed E-state index contributed by atoms with van der Waals surface area (Å²) in [6.07, 6.45) is 2.95. The monoisotopic (exact) mass is 334 g/mol. The minimum atomic E-state index is 0.0380. The molecule has 1 aromatic carbocycles. The van der Waals surface area contributed by atoms with Crippen LogP contribution >= 0.6 is 0 Å². The lowest BCUT2D eigenvalue weighted by atomic mass is 9.91. The molecule has 0 atom stereocenters. The number of amides is 1. The number of rotatable bonds is 4. The maximum absolute atomic E-state index is 12.9. The summed E-state index contributed by atoms with van der Waals surface area (Å²) in [6.45, 7) is 9.84. The van der Waals surface area contributed by atoms with Crippen LogP contribution in [0.1, 0.15) is 42.7 Å².